The van der Waals surface area contributed by atoms with Crippen LogP contribution >= 0.6 is 27.3 Å². The number of sulfonamides is 1. The molecule has 1 fully saturated rings. The number of aliphatic hydroxyl groups is 1. The van der Waals surface area contributed by atoms with Crippen molar-refractivity contribution in [3.63, 3.8) is 0 Å². The second-order valence-electron chi connectivity index (χ2n) is 8.03. The first-order chi connectivity index (χ1) is 15.3. The number of aromatic nitrogens is 2. The van der Waals surface area contributed by atoms with Gasteiger partial charge in [-0.05, 0) is 68.2 Å². The SMILES string of the molecule is CC1CCCCN1CCCNS(=O)(=O)c1cc(Nc2ncc(Br)c(N[C@H](C)CO)n2)cs1. The lowest BCUT2D eigenvalue weighted by Gasteiger charge is -2.33. The van der Waals surface area contributed by atoms with Crippen LogP contribution in [-0.4, -0.2) is 66.7 Å². The van der Waals surface area contributed by atoms with E-state index in [1.54, 1.807) is 17.6 Å². The smallest absolute Gasteiger partial charge is 0.250 e. The number of halogens is 1. The molecule has 1 aliphatic heterocycles. The van der Waals surface area contributed by atoms with E-state index in [4.69, 9.17) is 0 Å². The van der Waals surface area contributed by atoms with E-state index in [0.29, 0.717) is 34.5 Å². The van der Waals surface area contributed by atoms with Crippen molar-refractivity contribution in [2.75, 3.05) is 36.9 Å². The van der Waals surface area contributed by atoms with E-state index in [9.17, 15) is 13.5 Å². The molecule has 12 heteroatoms. The fourth-order valence-electron chi connectivity index (χ4n) is 3.51. The average molecular weight is 548 g/mol. The summed E-state index contributed by atoms with van der Waals surface area (Å²) in [6.45, 7) is 6.47. The van der Waals surface area contributed by atoms with Gasteiger partial charge in [-0.25, -0.2) is 18.1 Å². The topological polar surface area (TPSA) is 119 Å². The van der Waals surface area contributed by atoms with Crippen molar-refractivity contribution >= 4 is 54.7 Å². The standard InChI is InChI=1S/C20H31BrN6O3S2/c1-14(12-28)24-19-17(21)11-22-20(26-19)25-16-10-18(31-13-16)32(29,30)23-7-5-9-27-8-4-3-6-15(27)2/h10-11,13-15,23,28H,3-9,12H2,1-2H3,(H2,22,24,25,26)/t14-,15?/m1/s1. The number of aliphatic hydroxyl groups excluding tert-OH is 1. The van der Waals surface area contributed by atoms with Crippen LogP contribution < -0.4 is 15.4 Å². The van der Waals surface area contributed by atoms with Crippen molar-refractivity contribution in [2.24, 2.45) is 0 Å². The third-order valence-electron chi connectivity index (χ3n) is 5.35. The summed E-state index contributed by atoms with van der Waals surface area (Å²) in [6, 6.07) is 1.99. The number of nitrogens with one attached hydrogen (secondary N) is 3. The Hall–Kier alpha value is -1.31. The lowest BCUT2D eigenvalue weighted by molar-refractivity contribution is 0.159. The van der Waals surface area contributed by atoms with Crippen molar-refractivity contribution in [2.45, 2.75) is 55.8 Å². The highest BCUT2D eigenvalue weighted by Crippen LogP contribution is 2.27. The minimum absolute atomic E-state index is 0.0327. The Morgan fingerprint density at radius 2 is 2.22 bits per heavy atom. The molecule has 4 N–H and O–H groups in total. The normalized spacial score (nSPS) is 18.4. The summed E-state index contributed by atoms with van der Waals surface area (Å²) in [5, 5.41) is 17.1. The van der Waals surface area contributed by atoms with Gasteiger partial charge >= 0.3 is 0 Å². The Morgan fingerprint density at radius 3 is 2.97 bits per heavy atom. The lowest BCUT2D eigenvalue weighted by atomic mass is 10.0. The summed E-state index contributed by atoms with van der Waals surface area (Å²) in [5.74, 6) is 0.864. The van der Waals surface area contributed by atoms with E-state index in [2.05, 4.69) is 53.1 Å². The van der Waals surface area contributed by atoms with Crippen molar-refractivity contribution < 1.29 is 13.5 Å². The summed E-state index contributed by atoms with van der Waals surface area (Å²) in [6.07, 6.45) is 6.10. The van der Waals surface area contributed by atoms with Crippen LogP contribution in [0, 0.1) is 0 Å². The summed E-state index contributed by atoms with van der Waals surface area (Å²) < 4.78 is 28.9. The highest BCUT2D eigenvalue weighted by Gasteiger charge is 2.19. The van der Waals surface area contributed by atoms with Crippen molar-refractivity contribution in [3.8, 4) is 0 Å². The molecule has 2 aromatic rings. The molecule has 1 unspecified atom stereocenters. The molecule has 0 bridgehead atoms. The molecule has 0 aliphatic carbocycles. The maximum atomic E-state index is 12.7. The van der Waals surface area contributed by atoms with Crippen LogP contribution in [0.2, 0.25) is 0 Å². The van der Waals surface area contributed by atoms with Crippen LogP contribution in [0.3, 0.4) is 0 Å². The second kappa shape index (κ2) is 11.7. The molecule has 0 spiro atoms. The number of piperidine rings is 1. The highest BCUT2D eigenvalue weighted by molar-refractivity contribution is 9.10. The van der Waals surface area contributed by atoms with E-state index in [-0.39, 0.29) is 16.9 Å². The van der Waals surface area contributed by atoms with Crippen molar-refractivity contribution in [1.82, 2.24) is 19.6 Å². The van der Waals surface area contributed by atoms with E-state index in [0.717, 1.165) is 30.8 Å². The predicted octanol–water partition coefficient (Wildman–Crippen LogP) is 3.38. The molecule has 0 aromatic carbocycles. The molecule has 1 aliphatic rings. The molecule has 3 heterocycles. The Labute approximate surface area is 202 Å². The third-order valence-corrected chi connectivity index (χ3v) is 8.83. The zero-order chi connectivity index (χ0) is 23.1. The number of nitrogens with zero attached hydrogens (tertiary/aromatic N) is 3. The first-order valence-electron chi connectivity index (χ1n) is 10.8. The second-order valence-corrected chi connectivity index (χ2v) is 11.8. The molecule has 1 saturated heterocycles. The number of rotatable bonds is 11. The highest BCUT2D eigenvalue weighted by atomic mass is 79.9. The molecule has 0 radical (unpaired) electrons. The van der Waals surface area contributed by atoms with Crippen molar-refractivity contribution in [3.05, 3.63) is 22.1 Å². The number of thiophene rings is 1. The van der Waals surface area contributed by atoms with E-state index >= 15 is 0 Å². The van der Waals surface area contributed by atoms with Crippen LogP contribution in [0.1, 0.15) is 39.5 Å². The Balaban J connectivity index is 1.54. The van der Waals surface area contributed by atoms with Gasteiger partial charge in [0.1, 0.15) is 10.0 Å². The van der Waals surface area contributed by atoms with Crippen LogP contribution in [0.5, 0.6) is 0 Å². The van der Waals surface area contributed by atoms with E-state index in [1.807, 2.05) is 6.92 Å². The van der Waals surface area contributed by atoms with Gasteiger partial charge in [0.05, 0.1) is 16.8 Å². The lowest BCUT2D eigenvalue weighted by Crippen LogP contribution is -2.39. The van der Waals surface area contributed by atoms with Crippen LogP contribution in [0.4, 0.5) is 17.5 Å². The van der Waals surface area contributed by atoms with Crippen molar-refractivity contribution in [1.29, 1.82) is 0 Å². The van der Waals surface area contributed by atoms with Gasteiger partial charge in [0.25, 0.3) is 0 Å². The molecule has 0 saturated carbocycles. The molecule has 32 heavy (non-hydrogen) atoms. The number of likely N-dealkylation sites (tertiary alicyclic amines) is 1. The quantitative estimate of drug-likeness (QED) is 0.316. The first-order valence-corrected chi connectivity index (χ1v) is 13.9. The first kappa shape index (κ1) is 25.3. The average Bonchev–Trinajstić information content (AvgIpc) is 3.24. The van der Waals surface area contributed by atoms with Crippen LogP contribution in [0.15, 0.2) is 26.3 Å². The minimum Gasteiger partial charge on any atom is -0.394 e. The maximum Gasteiger partial charge on any atom is 0.250 e. The monoisotopic (exact) mass is 546 g/mol. The fraction of sp³-hybridized carbons (Fsp3) is 0.600. The van der Waals surface area contributed by atoms with Crippen LogP contribution in [-0.2, 0) is 10.0 Å². The third kappa shape index (κ3) is 7.09. The van der Waals surface area contributed by atoms with Gasteiger partial charge in [0.2, 0.25) is 16.0 Å². The van der Waals surface area contributed by atoms with Gasteiger partial charge in [-0.1, -0.05) is 6.42 Å². The molecule has 0 amide bonds. The number of hydrogen-bond acceptors (Lipinski definition) is 9. The van der Waals surface area contributed by atoms with Crippen LogP contribution in [0.25, 0.3) is 0 Å². The molecule has 2 atom stereocenters. The Morgan fingerprint density at radius 1 is 1.41 bits per heavy atom. The van der Waals surface area contributed by atoms with E-state index in [1.165, 1.54) is 19.3 Å². The molecular formula is C20H31BrN6O3S2. The van der Waals surface area contributed by atoms with Gasteiger partial charge in [-0.3, -0.25) is 0 Å². The van der Waals surface area contributed by atoms with Gasteiger partial charge < -0.3 is 20.6 Å². The Bertz CT molecular complexity index is 987. The van der Waals surface area contributed by atoms with Gasteiger partial charge in [-0.2, -0.15) is 4.98 Å². The fourth-order valence-corrected chi connectivity index (χ4v) is 6.05. The molecule has 9 nitrogen and oxygen atoms in total. The summed E-state index contributed by atoms with van der Waals surface area (Å²) in [4.78, 5) is 11.0. The number of hydrogen-bond donors (Lipinski definition) is 4. The van der Waals surface area contributed by atoms with Gasteiger partial charge in [0, 0.05) is 30.2 Å². The molecular weight excluding hydrogens is 516 g/mol. The van der Waals surface area contributed by atoms with Gasteiger partial charge in [0.15, 0.2) is 0 Å². The largest absolute Gasteiger partial charge is 0.394 e. The molecule has 2 aromatic heterocycles. The number of anilines is 3. The zero-order valence-corrected chi connectivity index (χ0v) is 21.6. The Kier molecular flexibility index (Phi) is 9.26. The van der Waals surface area contributed by atoms with Gasteiger partial charge in [-0.15, -0.1) is 11.3 Å². The predicted molar refractivity (Wildman–Crippen MR) is 132 cm³/mol. The van der Waals surface area contributed by atoms with E-state index < -0.39 is 10.0 Å². The summed E-state index contributed by atoms with van der Waals surface area (Å²) in [5.41, 5.74) is 0.598. The summed E-state index contributed by atoms with van der Waals surface area (Å²) in [7, 11) is -3.56. The maximum absolute atomic E-state index is 12.7. The minimum atomic E-state index is -3.56. The molecule has 178 valence electrons. The zero-order valence-electron chi connectivity index (χ0n) is 18.3. The molecule has 3 rings (SSSR count). The summed E-state index contributed by atoms with van der Waals surface area (Å²) >= 11 is 4.52.